The van der Waals surface area contributed by atoms with Gasteiger partial charge in [-0.15, -0.1) is 0 Å². The number of carbonyl (C=O) groups excluding carboxylic acids is 1. The molecule has 2 aromatic rings. The van der Waals surface area contributed by atoms with Crippen LogP contribution in [-0.2, 0) is 0 Å². The van der Waals surface area contributed by atoms with Crippen molar-refractivity contribution in [3.05, 3.63) is 65.5 Å². The van der Waals surface area contributed by atoms with Gasteiger partial charge in [0.1, 0.15) is 0 Å². The van der Waals surface area contributed by atoms with Gasteiger partial charge in [-0.05, 0) is 50.6 Å². The van der Waals surface area contributed by atoms with Gasteiger partial charge in [0.15, 0.2) is 0 Å². The molecule has 0 bridgehead atoms. The van der Waals surface area contributed by atoms with Crippen LogP contribution in [0.25, 0.3) is 0 Å². The number of likely N-dealkylation sites (tertiary alicyclic amines) is 1. The van der Waals surface area contributed by atoms with Gasteiger partial charge in [0, 0.05) is 18.9 Å². The first-order chi connectivity index (χ1) is 11.7. The topological polar surface area (TPSA) is 45.2 Å². The molecule has 0 aliphatic carbocycles. The molecule has 126 valence electrons. The minimum absolute atomic E-state index is 0.0581. The Balaban J connectivity index is 1.72. The van der Waals surface area contributed by atoms with E-state index in [0.29, 0.717) is 12.1 Å². The van der Waals surface area contributed by atoms with E-state index < -0.39 is 0 Å². The van der Waals surface area contributed by atoms with E-state index in [4.69, 9.17) is 0 Å². The zero-order valence-corrected chi connectivity index (χ0v) is 14.2. The SMILES string of the molecule is Cc1ccc(C(CNC(=O)c2cccnc2)N2CCCCC2)cc1. The quantitative estimate of drug-likeness (QED) is 0.918. The molecule has 1 atom stereocenters. The molecule has 4 heteroatoms. The van der Waals surface area contributed by atoms with Crippen molar-refractivity contribution < 1.29 is 4.79 Å². The van der Waals surface area contributed by atoms with E-state index in [1.54, 1.807) is 24.5 Å². The standard InChI is InChI=1S/C20H25N3O/c1-16-7-9-17(10-8-16)19(23-12-3-2-4-13-23)15-22-20(24)18-6-5-11-21-14-18/h5-11,14,19H,2-4,12-13,15H2,1H3,(H,22,24). The lowest BCUT2D eigenvalue weighted by Gasteiger charge is -2.35. The number of carbonyl (C=O) groups is 1. The number of nitrogens with one attached hydrogen (secondary N) is 1. The van der Waals surface area contributed by atoms with Gasteiger partial charge in [0.2, 0.25) is 0 Å². The predicted octanol–water partition coefficient (Wildman–Crippen LogP) is 3.35. The summed E-state index contributed by atoms with van der Waals surface area (Å²) in [5, 5.41) is 3.09. The number of benzene rings is 1. The third-order valence-electron chi connectivity index (χ3n) is 4.67. The van der Waals surface area contributed by atoms with E-state index in [9.17, 15) is 4.79 Å². The third kappa shape index (κ3) is 4.20. The molecular weight excluding hydrogens is 298 g/mol. The van der Waals surface area contributed by atoms with Gasteiger partial charge in [-0.3, -0.25) is 14.7 Å². The zero-order chi connectivity index (χ0) is 16.8. The number of hydrogen-bond acceptors (Lipinski definition) is 3. The molecule has 1 aliphatic rings. The fraction of sp³-hybridized carbons (Fsp3) is 0.400. The third-order valence-corrected chi connectivity index (χ3v) is 4.67. The van der Waals surface area contributed by atoms with Crippen LogP contribution in [0.4, 0.5) is 0 Å². The van der Waals surface area contributed by atoms with Crippen molar-refractivity contribution in [2.75, 3.05) is 19.6 Å². The summed E-state index contributed by atoms with van der Waals surface area (Å²) in [6.07, 6.45) is 7.06. The molecule has 0 saturated carbocycles. The predicted molar refractivity (Wildman–Crippen MR) is 95.9 cm³/mol. The second-order valence-electron chi connectivity index (χ2n) is 6.47. The van der Waals surface area contributed by atoms with Crippen molar-refractivity contribution in [3.63, 3.8) is 0 Å². The van der Waals surface area contributed by atoms with Crippen molar-refractivity contribution in [2.24, 2.45) is 0 Å². The van der Waals surface area contributed by atoms with Gasteiger partial charge < -0.3 is 5.32 Å². The highest BCUT2D eigenvalue weighted by Gasteiger charge is 2.23. The Kier molecular flexibility index (Phi) is 5.59. The number of hydrogen-bond donors (Lipinski definition) is 1. The van der Waals surface area contributed by atoms with Gasteiger partial charge in [-0.1, -0.05) is 36.2 Å². The Morgan fingerprint density at radius 2 is 1.92 bits per heavy atom. The highest BCUT2D eigenvalue weighted by molar-refractivity contribution is 5.93. The molecule has 2 heterocycles. The van der Waals surface area contributed by atoms with Crippen molar-refractivity contribution in [3.8, 4) is 0 Å². The zero-order valence-electron chi connectivity index (χ0n) is 14.2. The fourth-order valence-corrected chi connectivity index (χ4v) is 3.26. The molecule has 0 spiro atoms. The van der Waals surface area contributed by atoms with Crippen LogP contribution in [0.15, 0.2) is 48.8 Å². The summed E-state index contributed by atoms with van der Waals surface area (Å²) >= 11 is 0. The first-order valence-corrected chi connectivity index (χ1v) is 8.73. The van der Waals surface area contributed by atoms with E-state index in [-0.39, 0.29) is 11.9 Å². The second kappa shape index (κ2) is 8.06. The van der Waals surface area contributed by atoms with Gasteiger partial charge >= 0.3 is 0 Å². The van der Waals surface area contributed by atoms with E-state index in [1.165, 1.54) is 30.4 Å². The molecule has 1 N–H and O–H groups in total. The maximum atomic E-state index is 12.3. The molecule has 1 fully saturated rings. The number of nitrogens with zero attached hydrogens (tertiary/aromatic N) is 2. The average Bonchev–Trinajstić information content (AvgIpc) is 2.65. The molecule has 1 amide bonds. The maximum Gasteiger partial charge on any atom is 0.252 e. The number of piperidine rings is 1. The first-order valence-electron chi connectivity index (χ1n) is 8.73. The highest BCUT2D eigenvalue weighted by atomic mass is 16.1. The highest BCUT2D eigenvalue weighted by Crippen LogP contribution is 2.24. The van der Waals surface area contributed by atoms with Crippen LogP contribution in [0.3, 0.4) is 0 Å². The van der Waals surface area contributed by atoms with Crippen molar-refractivity contribution in [2.45, 2.75) is 32.2 Å². The van der Waals surface area contributed by atoms with Crippen LogP contribution in [0.2, 0.25) is 0 Å². The molecule has 24 heavy (non-hydrogen) atoms. The number of rotatable bonds is 5. The summed E-state index contributed by atoms with van der Waals surface area (Å²) in [5.74, 6) is -0.0581. The van der Waals surface area contributed by atoms with Crippen LogP contribution in [0.1, 0.15) is 46.8 Å². The van der Waals surface area contributed by atoms with Crippen LogP contribution in [0, 0.1) is 6.92 Å². The summed E-state index contributed by atoms with van der Waals surface area (Å²) < 4.78 is 0. The number of amides is 1. The van der Waals surface area contributed by atoms with E-state index in [0.717, 1.165) is 13.1 Å². The van der Waals surface area contributed by atoms with Crippen molar-refractivity contribution in [1.82, 2.24) is 15.2 Å². The minimum atomic E-state index is -0.0581. The average molecular weight is 323 g/mol. The van der Waals surface area contributed by atoms with E-state index >= 15 is 0 Å². The number of pyridine rings is 1. The molecule has 1 aromatic carbocycles. The van der Waals surface area contributed by atoms with E-state index in [1.807, 2.05) is 0 Å². The van der Waals surface area contributed by atoms with E-state index in [2.05, 4.69) is 46.4 Å². The van der Waals surface area contributed by atoms with Crippen LogP contribution >= 0.6 is 0 Å². The maximum absolute atomic E-state index is 12.3. The first kappa shape index (κ1) is 16.7. The Morgan fingerprint density at radius 1 is 1.17 bits per heavy atom. The number of aromatic nitrogens is 1. The fourth-order valence-electron chi connectivity index (χ4n) is 3.26. The summed E-state index contributed by atoms with van der Waals surface area (Å²) in [5.41, 5.74) is 3.14. The normalized spacial score (nSPS) is 16.5. The lowest BCUT2D eigenvalue weighted by Crippen LogP contribution is -2.40. The van der Waals surface area contributed by atoms with Crippen molar-refractivity contribution in [1.29, 1.82) is 0 Å². The molecule has 1 saturated heterocycles. The Hall–Kier alpha value is -2.20. The Labute approximate surface area is 143 Å². The molecule has 0 radical (unpaired) electrons. The van der Waals surface area contributed by atoms with Gasteiger partial charge in [0.25, 0.3) is 5.91 Å². The molecule has 3 rings (SSSR count). The summed E-state index contributed by atoms with van der Waals surface area (Å²) in [4.78, 5) is 18.9. The second-order valence-corrected chi connectivity index (χ2v) is 6.47. The molecular formula is C20H25N3O. The van der Waals surface area contributed by atoms with Gasteiger partial charge in [-0.2, -0.15) is 0 Å². The van der Waals surface area contributed by atoms with Gasteiger partial charge in [0.05, 0.1) is 11.6 Å². The van der Waals surface area contributed by atoms with Gasteiger partial charge in [-0.25, -0.2) is 0 Å². The molecule has 1 unspecified atom stereocenters. The Morgan fingerprint density at radius 3 is 2.58 bits per heavy atom. The molecule has 4 nitrogen and oxygen atoms in total. The van der Waals surface area contributed by atoms with Crippen LogP contribution in [0.5, 0.6) is 0 Å². The lowest BCUT2D eigenvalue weighted by molar-refractivity contribution is 0.0924. The monoisotopic (exact) mass is 323 g/mol. The Bertz CT molecular complexity index is 648. The van der Waals surface area contributed by atoms with Crippen molar-refractivity contribution >= 4 is 5.91 Å². The van der Waals surface area contributed by atoms with Crippen LogP contribution < -0.4 is 5.32 Å². The summed E-state index contributed by atoms with van der Waals surface area (Å²) in [7, 11) is 0. The van der Waals surface area contributed by atoms with Crippen LogP contribution in [-0.4, -0.2) is 35.4 Å². The molecule has 1 aliphatic heterocycles. The smallest absolute Gasteiger partial charge is 0.252 e. The number of aryl methyl sites for hydroxylation is 1. The minimum Gasteiger partial charge on any atom is -0.350 e. The largest absolute Gasteiger partial charge is 0.350 e. The summed E-state index contributed by atoms with van der Waals surface area (Å²) in [6.45, 7) is 4.92. The summed E-state index contributed by atoms with van der Waals surface area (Å²) in [6, 6.07) is 12.5. The lowest BCUT2D eigenvalue weighted by atomic mass is 10.0. The molecule has 1 aromatic heterocycles.